The molecule has 39 heavy (non-hydrogen) atoms. The monoisotopic (exact) mass is 529 g/mol. The van der Waals surface area contributed by atoms with Gasteiger partial charge in [-0.2, -0.15) is 5.10 Å². The van der Waals surface area contributed by atoms with E-state index in [9.17, 15) is 9.59 Å². The van der Waals surface area contributed by atoms with Crippen LogP contribution < -0.4 is 10.2 Å². The van der Waals surface area contributed by atoms with Gasteiger partial charge < -0.3 is 15.0 Å². The predicted molar refractivity (Wildman–Crippen MR) is 151 cm³/mol. The molecule has 4 aromatic rings. The summed E-state index contributed by atoms with van der Waals surface area (Å²) in [5.41, 5.74) is 3.12. The zero-order chi connectivity index (χ0) is 28.1. The highest BCUT2D eigenvalue weighted by atomic mass is 16.6. The largest absolute Gasteiger partial charge is 0.444 e. The molecular weight excluding hydrogens is 494 g/mol. The molecule has 1 aliphatic rings. The Kier molecular flexibility index (Phi) is 6.65. The number of fused-ring (bicyclic) bond motifs is 2. The molecule has 0 radical (unpaired) electrons. The molecular formula is C29H35N7O3. The Balaban J connectivity index is 1.41. The Hall–Kier alpha value is -4.21. The van der Waals surface area contributed by atoms with Crippen LogP contribution in [0.4, 0.5) is 16.3 Å². The standard InChI is InChI=1S/C29H35N7O3/c1-17-12-23(33-35-14-18(2)31-26(17)35)27(37)32-25-22-11-9-8-10-21(22)24(13-30-25)34-15-19(3)36(20(4)16-34)28(38)39-29(5,6)7/h8-14,19-20H,15-16H2,1-7H3,(H,30,32,37)/t19-,20+. The van der Waals surface area contributed by atoms with Crippen LogP contribution in [0, 0.1) is 13.8 Å². The van der Waals surface area contributed by atoms with E-state index in [4.69, 9.17) is 4.74 Å². The van der Waals surface area contributed by atoms with Crippen molar-refractivity contribution < 1.29 is 14.3 Å². The van der Waals surface area contributed by atoms with Gasteiger partial charge in [0.15, 0.2) is 5.65 Å². The maximum Gasteiger partial charge on any atom is 0.410 e. The van der Waals surface area contributed by atoms with Crippen LogP contribution in [-0.4, -0.2) is 67.3 Å². The molecule has 2 atom stereocenters. The van der Waals surface area contributed by atoms with E-state index in [2.05, 4.69) is 25.3 Å². The molecule has 5 rings (SSSR count). The van der Waals surface area contributed by atoms with Gasteiger partial charge in [-0.3, -0.25) is 9.69 Å². The zero-order valence-electron chi connectivity index (χ0n) is 23.5. The highest BCUT2D eigenvalue weighted by Crippen LogP contribution is 2.33. The van der Waals surface area contributed by atoms with E-state index in [1.54, 1.807) is 23.0 Å². The minimum absolute atomic E-state index is 0.0576. The number of aromatic nitrogens is 4. The number of benzene rings is 1. The van der Waals surface area contributed by atoms with Crippen LogP contribution in [0.5, 0.6) is 0 Å². The summed E-state index contributed by atoms with van der Waals surface area (Å²) >= 11 is 0. The average molecular weight is 530 g/mol. The number of carbonyl (C=O) groups excluding carboxylic acids is 2. The first-order valence-electron chi connectivity index (χ1n) is 13.2. The van der Waals surface area contributed by atoms with E-state index in [-0.39, 0.29) is 29.8 Å². The minimum atomic E-state index is -0.550. The third-order valence-electron chi connectivity index (χ3n) is 6.83. The van der Waals surface area contributed by atoms with E-state index in [0.717, 1.165) is 33.4 Å². The van der Waals surface area contributed by atoms with Crippen LogP contribution in [0.1, 0.15) is 56.4 Å². The van der Waals surface area contributed by atoms with Gasteiger partial charge in [-0.25, -0.2) is 19.3 Å². The molecule has 0 spiro atoms. The summed E-state index contributed by atoms with van der Waals surface area (Å²) in [6, 6.07) is 9.50. The van der Waals surface area contributed by atoms with Gasteiger partial charge in [-0.05, 0) is 60.1 Å². The van der Waals surface area contributed by atoms with Crippen LogP contribution in [0.3, 0.4) is 0 Å². The van der Waals surface area contributed by atoms with Gasteiger partial charge in [0.2, 0.25) is 0 Å². The minimum Gasteiger partial charge on any atom is -0.444 e. The third-order valence-corrected chi connectivity index (χ3v) is 6.83. The highest BCUT2D eigenvalue weighted by molar-refractivity contribution is 6.09. The maximum absolute atomic E-state index is 13.2. The number of nitrogens with zero attached hydrogens (tertiary/aromatic N) is 6. The lowest BCUT2D eigenvalue weighted by Crippen LogP contribution is -2.59. The van der Waals surface area contributed by atoms with Crippen LogP contribution in [-0.2, 0) is 4.74 Å². The molecule has 1 aliphatic heterocycles. The number of ether oxygens (including phenoxy) is 1. The summed E-state index contributed by atoms with van der Waals surface area (Å²) in [5, 5.41) is 9.20. The lowest BCUT2D eigenvalue weighted by atomic mass is 10.1. The number of piperazine rings is 1. The summed E-state index contributed by atoms with van der Waals surface area (Å²) in [6.45, 7) is 14.8. The summed E-state index contributed by atoms with van der Waals surface area (Å²) in [7, 11) is 0. The number of imidazole rings is 1. The van der Waals surface area contributed by atoms with Crippen LogP contribution in [0.25, 0.3) is 16.4 Å². The zero-order valence-corrected chi connectivity index (χ0v) is 23.5. The lowest BCUT2D eigenvalue weighted by Gasteiger charge is -2.45. The highest BCUT2D eigenvalue weighted by Gasteiger charge is 2.36. The number of hydrogen-bond acceptors (Lipinski definition) is 7. The smallest absolute Gasteiger partial charge is 0.410 e. The van der Waals surface area contributed by atoms with Crippen molar-refractivity contribution in [2.24, 2.45) is 0 Å². The fourth-order valence-corrected chi connectivity index (χ4v) is 5.25. The van der Waals surface area contributed by atoms with Gasteiger partial charge in [0.25, 0.3) is 5.91 Å². The molecule has 204 valence electrons. The molecule has 0 bridgehead atoms. The summed E-state index contributed by atoms with van der Waals surface area (Å²) in [4.78, 5) is 39.3. The number of rotatable bonds is 3. The van der Waals surface area contributed by atoms with E-state index in [0.29, 0.717) is 18.9 Å². The normalized spacial score (nSPS) is 18.0. The van der Waals surface area contributed by atoms with Crippen molar-refractivity contribution in [2.45, 2.75) is 66.2 Å². The second-order valence-corrected chi connectivity index (χ2v) is 11.3. The van der Waals surface area contributed by atoms with Gasteiger partial charge in [0.05, 0.1) is 35.9 Å². The first kappa shape index (κ1) is 26.4. The second-order valence-electron chi connectivity index (χ2n) is 11.3. The SMILES string of the molecule is Cc1cn2nc(C(=O)Nc3ncc(N4C[C@@H](C)N(C(=O)OC(C)(C)C)[C@@H](C)C4)c4ccccc34)cc(C)c2n1. The first-order valence-corrected chi connectivity index (χ1v) is 13.2. The van der Waals surface area contributed by atoms with Crippen molar-refractivity contribution >= 4 is 39.9 Å². The maximum atomic E-state index is 13.2. The fraction of sp³-hybridized carbons (Fsp3) is 0.414. The topological polar surface area (TPSA) is 105 Å². The van der Waals surface area contributed by atoms with Crippen molar-refractivity contribution in [3.8, 4) is 0 Å². The molecule has 4 heterocycles. The molecule has 10 nitrogen and oxygen atoms in total. The number of pyridine rings is 1. The van der Waals surface area contributed by atoms with Crippen molar-refractivity contribution in [1.82, 2.24) is 24.5 Å². The van der Waals surface area contributed by atoms with Crippen LogP contribution >= 0.6 is 0 Å². The Labute approximate surface area is 228 Å². The van der Waals surface area contributed by atoms with Gasteiger partial charge in [0, 0.05) is 23.9 Å². The van der Waals surface area contributed by atoms with Crippen molar-refractivity contribution in [1.29, 1.82) is 0 Å². The Bertz CT molecular complexity index is 1560. The molecule has 0 saturated carbocycles. The quantitative estimate of drug-likeness (QED) is 0.399. The number of nitrogens with one attached hydrogen (secondary N) is 1. The van der Waals surface area contributed by atoms with Crippen LogP contribution in [0.15, 0.2) is 42.7 Å². The van der Waals surface area contributed by atoms with Gasteiger partial charge in [-0.1, -0.05) is 24.3 Å². The predicted octanol–water partition coefficient (Wildman–Crippen LogP) is 4.98. The van der Waals surface area contributed by atoms with Gasteiger partial charge >= 0.3 is 6.09 Å². The van der Waals surface area contributed by atoms with Crippen molar-refractivity contribution in [3.05, 3.63) is 59.7 Å². The average Bonchev–Trinajstić information content (AvgIpc) is 3.23. The molecule has 0 unspecified atom stereocenters. The number of anilines is 2. The summed E-state index contributed by atoms with van der Waals surface area (Å²) in [5.74, 6) is 0.124. The summed E-state index contributed by atoms with van der Waals surface area (Å²) in [6.07, 6.45) is 3.30. The third kappa shape index (κ3) is 5.23. The number of aryl methyl sites for hydroxylation is 2. The van der Waals surface area contributed by atoms with Crippen molar-refractivity contribution in [3.63, 3.8) is 0 Å². The van der Waals surface area contributed by atoms with Gasteiger partial charge in [0.1, 0.15) is 17.1 Å². The number of amides is 2. The Morgan fingerprint density at radius 3 is 2.38 bits per heavy atom. The second kappa shape index (κ2) is 9.83. The number of carbonyl (C=O) groups is 2. The van der Waals surface area contributed by atoms with Crippen molar-refractivity contribution in [2.75, 3.05) is 23.3 Å². The van der Waals surface area contributed by atoms with E-state index >= 15 is 0 Å². The van der Waals surface area contributed by atoms with E-state index in [1.807, 2.05) is 77.6 Å². The molecule has 3 aromatic heterocycles. The number of hydrogen-bond donors (Lipinski definition) is 1. The van der Waals surface area contributed by atoms with E-state index < -0.39 is 5.60 Å². The molecule has 1 fully saturated rings. The lowest BCUT2D eigenvalue weighted by molar-refractivity contribution is 0.00567. The molecule has 1 N–H and O–H groups in total. The summed E-state index contributed by atoms with van der Waals surface area (Å²) < 4.78 is 7.29. The first-order chi connectivity index (χ1) is 18.4. The molecule has 1 saturated heterocycles. The molecule has 0 aliphatic carbocycles. The van der Waals surface area contributed by atoms with Crippen LogP contribution in [0.2, 0.25) is 0 Å². The van der Waals surface area contributed by atoms with Gasteiger partial charge in [-0.15, -0.1) is 0 Å². The molecule has 1 aromatic carbocycles. The fourth-order valence-electron chi connectivity index (χ4n) is 5.25. The van der Waals surface area contributed by atoms with E-state index in [1.165, 1.54) is 0 Å². The Morgan fingerprint density at radius 1 is 1.05 bits per heavy atom. The molecule has 2 amide bonds. The molecule has 10 heteroatoms. The Morgan fingerprint density at radius 2 is 1.72 bits per heavy atom.